The molecule has 2 fully saturated rings. The molecule has 0 spiro atoms. The lowest BCUT2D eigenvalue weighted by Gasteiger charge is -2.34. The average Bonchev–Trinajstić information content (AvgIpc) is 3.12. The maximum Gasteiger partial charge on any atom is 0.225 e. The van der Waals surface area contributed by atoms with Gasteiger partial charge >= 0.3 is 0 Å². The van der Waals surface area contributed by atoms with Crippen molar-refractivity contribution in [3.63, 3.8) is 0 Å². The van der Waals surface area contributed by atoms with Crippen LogP contribution in [0.1, 0.15) is 38.2 Å². The van der Waals surface area contributed by atoms with E-state index in [9.17, 15) is 9.59 Å². The van der Waals surface area contributed by atoms with Crippen molar-refractivity contribution in [3.05, 3.63) is 35.9 Å². The van der Waals surface area contributed by atoms with Gasteiger partial charge in [-0.05, 0) is 30.9 Å². The second kappa shape index (κ2) is 9.56. The number of likely N-dealkylation sites (tertiary alicyclic amines) is 2. The first kappa shape index (κ1) is 21.7. The van der Waals surface area contributed by atoms with Crippen LogP contribution in [-0.4, -0.2) is 54.3 Å². The molecule has 2 atom stereocenters. The second-order valence-electron chi connectivity index (χ2n) is 8.01. The average molecular weight is 394 g/mol. The van der Waals surface area contributed by atoms with Gasteiger partial charge in [0.1, 0.15) is 0 Å². The summed E-state index contributed by atoms with van der Waals surface area (Å²) in [5, 5.41) is 0. The number of piperidine rings is 1. The molecule has 0 saturated carbocycles. The third-order valence-corrected chi connectivity index (χ3v) is 5.93. The first-order valence-electron chi connectivity index (χ1n) is 9.83. The Morgan fingerprint density at radius 2 is 1.70 bits per heavy atom. The zero-order valence-corrected chi connectivity index (χ0v) is 17.2. The van der Waals surface area contributed by atoms with Crippen molar-refractivity contribution in [2.45, 2.75) is 32.6 Å². The van der Waals surface area contributed by atoms with E-state index in [1.807, 2.05) is 29.7 Å². The molecule has 150 valence electrons. The Bertz CT molecular complexity index is 630. The number of benzene rings is 1. The van der Waals surface area contributed by atoms with Crippen LogP contribution in [0.25, 0.3) is 0 Å². The SMILES string of the molecule is CC(C)C(=O)N1CCC(C(=O)N2C[C@@H](CN)[C@H](c3ccccc3)C2)CC1.Cl. The lowest BCUT2D eigenvalue weighted by molar-refractivity contribution is -0.141. The Hall–Kier alpha value is -1.59. The van der Waals surface area contributed by atoms with Crippen molar-refractivity contribution in [2.24, 2.45) is 23.5 Å². The van der Waals surface area contributed by atoms with Gasteiger partial charge < -0.3 is 15.5 Å². The summed E-state index contributed by atoms with van der Waals surface area (Å²) in [6, 6.07) is 10.4. The Labute approximate surface area is 168 Å². The van der Waals surface area contributed by atoms with Crippen molar-refractivity contribution < 1.29 is 9.59 Å². The maximum absolute atomic E-state index is 13.0. The predicted octanol–water partition coefficient (Wildman–Crippen LogP) is 2.50. The molecule has 0 unspecified atom stereocenters. The van der Waals surface area contributed by atoms with Crippen molar-refractivity contribution in [2.75, 3.05) is 32.7 Å². The molecule has 0 aromatic heterocycles. The number of amides is 2. The largest absolute Gasteiger partial charge is 0.342 e. The molecule has 5 nitrogen and oxygen atoms in total. The van der Waals surface area contributed by atoms with Gasteiger partial charge in [-0.2, -0.15) is 0 Å². The van der Waals surface area contributed by atoms with Crippen molar-refractivity contribution in [1.29, 1.82) is 0 Å². The number of rotatable bonds is 4. The Balaban J connectivity index is 0.00000261. The summed E-state index contributed by atoms with van der Waals surface area (Å²) in [7, 11) is 0. The van der Waals surface area contributed by atoms with E-state index in [-0.39, 0.29) is 36.1 Å². The minimum atomic E-state index is 0. The van der Waals surface area contributed by atoms with Gasteiger partial charge in [-0.25, -0.2) is 0 Å². The van der Waals surface area contributed by atoms with Crippen molar-refractivity contribution in [1.82, 2.24) is 9.80 Å². The van der Waals surface area contributed by atoms with Gasteiger partial charge in [0.05, 0.1) is 0 Å². The number of hydrogen-bond donors (Lipinski definition) is 1. The minimum Gasteiger partial charge on any atom is -0.342 e. The molecule has 0 radical (unpaired) electrons. The van der Waals surface area contributed by atoms with Gasteiger partial charge in [0.2, 0.25) is 11.8 Å². The fourth-order valence-electron chi connectivity index (χ4n) is 4.34. The summed E-state index contributed by atoms with van der Waals surface area (Å²) < 4.78 is 0. The van der Waals surface area contributed by atoms with E-state index in [1.54, 1.807) is 0 Å². The standard InChI is InChI=1S/C21H31N3O2.ClH/c1-15(2)20(25)23-10-8-17(9-11-23)21(26)24-13-18(12-22)19(14-24)16-6-4-3-5-7-16;/h3-7,15,17-19H,8-14,22H2,1-2H3;1H/t18-,19+;/m1./s1. The van der Waals surface area contributed by atoms with Crippen LogP contribution in [0.5, 0.6) is 0 Å². The van der Waals surface area contributed by atoms with Gasteiger partial charge in [0, 0.05) is 43.9 Å². The van der Waals surface area contributed by atoms with Gasteiger partial charge in [-0.1, -0.05) is 44.2 Å². The minimum absolute atomic E-state index is 0. The van der Waals surface area contributed by atoms with Gasteiger partial charge in [-0.3, -0.25) is 9.59 Å². The zero-order valence-electron chi connectivity index (χ0n) is 16.3. The monoisotopic (exact) mass is 393 g/mol. The van der Waals surface area contributed by atoms with Crippen LogP contribution in [0.4, 0.5) is 0 Å². The highest BCUT2D eigenvalue weighted by molar-refractivity contribution is 5.85. The van der Waals surface area contributed by atoms with E-state index in [4.69, 9.17) is 5.73 Å². The van der Waals surface area contributed by atoms with Crippen LogP contribution in [0.3, 0.4) is 0 Å². The lowest BCUT2D eigenvalue weighted by Crippen LogP contribution is -2.45. The molecule has 1 aromatic rings. The van der Waals surface area contributed by atoms with Crippen LogP contribution >= 0.6 is 12.4 Å². The van der Waals surface area contributed by atoms with E-state index in [2.05, 4.69) is 24.3 Å². The van der Waals surface area contributed by atoms with Gasteiger partial charge in [-0.15, -0.1) is 12.4 Å². The van der Waals surface area contributed by atoms with E-state index in [1.165, 1.54) is 5.56 Å². The third-order valence-electron chi connectivity index (χ3n) is 5.93. The number of nitrogens with zero attached hydrogens (tertiary/aromatic N) is 2. The third kappa shape index (κ3) is 4.82. The second-order valence-corrected chi connectivity index (χ2v) is 8.01. The van der Waals surface area contributed by atoms with Crippen LogP contribution in [0, 0.1) is 17.8 Å². The molecule has 0 bridgehead atoms. The Kier molecular flexibility index (Phi) is 7.68. The van der Waals surface area contributed by atoms with E-state index in [0.717, 1.165) is 25.9 Å². The number of carbonyl (C=O) groups is 2. The molecule has 2 amide bonds. The number of nitrogens with two attached hydrogens (primary N) is 1. The van der Waals surface area contributed by atoms with Crippen LogP contribution in [0.2, 0.25) is 0 Å². The first-order valence-corrected chi connectivity index (χ1v) is 9.83. The van der Waals surface area contributed by atoms with E-state index < -0.39 is 0 Å². The number of halogens is 1. The molecule has 2 N–H and O–H groups in total. The fraction of sp³-hybridized carbons (Fsp3) is 0.619. The Morgan fingerprint density at radius 1 is 1.07 bits per heavy atom. The van der Waals surface area contributed by atoms with Gasteiger partial charge in [0.25, 0.3) is 0 Å². The predicted molar refractivity (Wildman–Crippen MR) is 110 cm³/mol. The smallest absolute Gasteiger partial charge is 0.225 e. The molecule has 6 heteroatoms. The molecular formula is C21H32ClN3O2. The first-order chi connectivity index (χ1) is 12.5. The van der Waals surface area contributed by atoms with Crippen molar-refractivity contribution in [3.8, 4) is 0 Å². The molecule has 3 rings (SSSR count). The normalized spacial score (nSPS) is 23.4. The van der Waals surface area contributed by atoms with Crippen LogP contribution < -0.4 is 5.73 Å². The Morgan fingerprint density at radius 3 is 2.26 bits per heavy atom. The molecule has 2 heterocycles. The molecule has 0 aliphatic carbocycles. The molecule has 27 heavy (non-hydrogen) atoms. The van der Waals surface area contributed by atoms with Crippen LogP contribution in [-0.2, 0) is 9.59 Å². The molecular weight excluding hydrogens is 362 g/mol. The van der Waals surface area contributed by atoms with E-state index >= 15 is 0 Å². The zero-order chi connectivity index (χ0) is 18.7. The van der Waals surface area contributed by atoms with Crippen LogP contribution in [0.15, 0.2) is 30.3 Å². The number of carbonyl (C=O) groups excluding carboxylic acids is 2. The van der Waals surface area contributed by atoms with E-state index in [0.29, 0.717) is 31.5 Å². The topological polar surface area (TPSA) is 66.6 Å². The molecule has 2 saturated heterocycles. The summed E-state index contributed by atoms with van der Waals surface area (Å²) in [5.74, 6) is 1.16. The number of hydrogen-bond acceptors (Lipinski definition) is 3. The highest BCUT2D eigenvalue weighted by atomic mass is 35.5. The lowest BCUT2D eigenvalue weighted by atomic mass is 9.89. The quantitative estimate of drug-likeness (QED) is 0.854. The molecule has 2 aliphatic rings. The summed E-state index contributed by atoms with van der Waals surface area (Å²) >= 11 is 0. The molecule has 2 aliphatic heterocycles. The fourth-order valence-corrected chi connectivity index (χ4v) is 4.34. The summed E-state index contributed by atoms with van der Waals surface area (Å²) in [4.78, 5) is 29.1. The highest BCUT2D eigenvalue weighted by Crippen LogP contribution is 2.34. The summed E-state index contributed by atoms with van der Waals surface area (Å²) in [6.07, 6.45) is 1.55. The van der Waals surface area contributed by atoms with Gasteiger partial charge in [0.15, 0.2) is 0 Å². The maximum atomic E-state index is 13.0. The summed E-state index contributed by atoms with van der Waals surface area (Å²) in [5.41, 5.74) is 7.27. The van der Waals surface area contributed by atoms with Crippen molar-refractivity contribution >= 4 is 24.2 Å². The molecule has 1 aromatic carbocycles. The highest BCUT2D eigenvalue weighted by Gasteiger charge is 2.38. The summed E-state index contributed by atoms with van der Waals surface area (Å²) in [6.45, 7) is 7.37.